The highest BCUT2D eigenvalue weighted by molar-refractivity contribution is 14.0. The minimum Gasteiger partial charge on any atom is -0.376 e. The number of para-hydroxylation sites is 2. The molecular weight excluding hydrogens is 531 g/mol. The number of benzene rings is 1. The van der Waals surface area contributed by atoms with Crippen molar-refractivity contribution < 1.29 is 4.74 Å². The van der Waals surface area contributed by atoms with E-state index in [-0.39, 0.29) is 30.1 Å². The minimum atomic E-state index is 0. The van der Waals surface area contributed by atoms with Crippen LogP contribution >= 0.6 is 24.0 Å². The number of fused-ring (bicyclic) bond motifs is 1. The number of halogens is 1. The van der Waals surface area contributed by atoms with Crippen molar-refractivity contribution in [3.63, 3.8) is 0 Å². The summed E-state index contributed by atoms with van der Waals surface area (Å²) in [4.78, 5) is 9.44. The fourth-order valence-electron chi connectivity index (χ4n) is 4.11. The highest BCUT2D eigenvalue weighted by Gasteiger charge is 2.15. The Kier molecular flexibility index (Phi) is 9.92. The van der Waals surface area contributed by atoms with Gasteiger partial charge in [0.2, 0.25) is 0 Å². The Labute approximate surface area is 212 Å². The summed E-state index contributed by atoms with van der Waals surface area (Å²) in [5.74, 6) is 2.89. The maximum absolute atomic E-state index is 5.73. The molecule has 33 heavy (non-hydrogen) atoms. The Hall–Kier alpha value is -2.21. The molecule has 0 spiro atoms. The van der Waals surface area contributed by atoms with Crippen molar-refractivity contribution >= 4 is 41.0 Å². The van der Waals surface area contributed by atoms with Gasteiger partial charge in [0.05, 0.1) is 23.7 Å². The molecule has 0 saturated carbocycles. The first-order valence-electron chi connectivity index (χ1n) is 11.7. The Morgan fingerprint density at radius 2 is 2.06 bits per heavy atom. The molecule has 2 N–H and O–H groups in total. The van der Waals surface area contributed by atoms with Crippen molar-refractivity contribution in [2.75, 3.05) is 26.2 Å². The summed E-state index contributed by atoms with van der Waals surface area (Å²) in [7, 11) is 0. The molecule has 2 aromatic heterocycles. The van der Waals surface area contributed by atoms with E-state index in [0.717, 1.165) is 81.6 Å². The third kappa shape index (κ3) is 6.89. The fourth-order valence-corrected chi connectivity index (χ4v) is 4.11. The molecular formula is C23H35IN8O. The van der Waals surface area contributed by atoms with Gasteiger partial charge < -0.3 is 24.5 Å². The first kappa shape index (κ1) is 25.4. The largest absolute Gasteiger partial charge is 0.376 e. The number of ether oxygens (including phenoxy) is 1. The molecule has 3 heterocycles. The summed E-state index contributed by atoms with van der Waals surface area (Å²) in [6, 6.07) is 8.30. The molecule has 4 rings (SSSR count). The van der Waals surface area contributed by atoms with E-state index in [4.69, 9.17) is 9.73 Å². The number of nitrogens with zero attached hydrogens (tertiary/aromatic N) is 6. The first-order valence-corrected chi connectivity index (χ1v) is 11.7. The molecule has 1 aromatic carbocycles. The van der Waals surface area contributed by atoms with E-state index in [1.165, 1.54) is 5.52 Å². The van der Waals surface area contributed by atoms with E-state index in [1.807, 2.05) is 6.07 Å². The second-order valence-electron chi connectivity index (χ2n) is 8.12. The van der Waals surface area contributed by atoms with Crippen molar-refractivity contribution in [1.29, 1.82) is 0 Å². The van der Waals surface area contributed by atoms with E-state index in [0.29, 0.717) is 6.54 Å². The summed E-state index contributed by atoms with van der Waals surface area (Å²) in [6.45, 7) is 9.00. The second kappa shape index (κ2) is 12.9. The molecule has 10 heteroatoms. The van der Waals surface area contributed by atoms with E-state index in [9.17, 15) is 0 Å². The zero-order valence-corrected chi connectivity index (χ0v) is 21.9. The lowest BCUT2D eigenvalue weighted by atomic mass is 10.2. The maximum atomic E-state index is 5.73. The van der Waals surface area contributed by atoms with Crippen molar-refractivity contribution in [1.82, 2.24) is 34.9 Å². The topological polar surface area (TPSA) is 94.2 Å². The Morgan fingerprint density at radius 3 is 2.88 bits per heavy atom. The SMILES string of the molecule is CCc1nncn1CCNC(=NCC1CCCO1)NCCCn1c(C)nc2ccccc21.I. The molecule has 3 aromatic rings. The number of imidazole rings is 1. The number of aryl methyl sites for hydroxylation is 3. The number of nitrogens with one attached hydrogen (secondary N) is 2. The van der Waals surface area contributed by atoms with Gasteiger partial charge in [-0.05, 0) is 38.3 Å². The van der Waals surface area contributed by atoms with Crippen LogP contribution in [-0.2, 0) is 24.2 Å². The summed E-state index contributed by atoms with van der Waals surface area (Å²) < 4.78 is 10.1. The summed E-state index contributed by atoms with van der Waals surface area (Å²) >= 11 is 0. The predicted molar refractivity (Wildman–Crippen MR) is 141 cm³/mol. The van der Waals surface area contributed by atoms with Crippen LogP contribution in [0.2, 0.25) is 0 Å². The van der Waals surface area contributed by atoms with E-state index in [1.54, 1.807) is 6.33 Å². The minimum absolute atomic E-state index is 0. The number of hydrogen-bond acceptors (Lipinski definition) is 5. The number of guanidine groups is 1. The maximum Gasteiger partial charge on any atom is 0.191 e. The molecule has 180 valence electrons. The lowest BCUT2D eigenvalue weighted by Crippen LogP contribution is -2.40. The van der Waals surface area contributed by atoms with Crippen LogP contribution < -0.4 is 10.6 Å². The third-order valence-corrected chi connectivity index (χ3v) is 5.83. The van der Waals surface area contributed by atoms with Crippen LogP contribution in [0.3, 0.4) is 0 Å². The van der Waals surface area contributed by atoms with Crippen molar-refractivity contribution in [2.24, 2.45) is 4.99 Å². The summed E-state index contributed by atoms with van der Waals surface area (Å²) in [6.07, 6.45) is 6.09. The zero-order valence-electron chi connectivity index (χ0n) is 19.5. The van der Waals surface area contributed by atoms with Crippen LogP contribution in [0.5, 0.6) is 0 Å². The van der Waals surface area contributed by atoms with Gasteiger partial charge in [-0.25, -0.2) is 4.98 Å². The van der Waals surface area contributed by atoms with Gasteiger partial charge >= 0.3 is 0 Å². The van der Waals surface area contributed by atoms with Crippen LogP contribution in [0.1, 0.15) is 37.8 Å². The Balaban J connectivity index is 0.00000306. The van der Waals surface area contributed by atoms with Gasteiger partial charge in [-0.15, -0.1) is 34.2 Å². The number of rotatable bonds is 10. The fraction of sp³-hybridized carbons (Fsp3) is 0.565. The molecule has 1 aliphatic heterocycles. The van der Waals surface area contributed by atoms with Crippen LogP contribution in [0.25, 0.3) is 11.0 Å². The number of aliphatic imine (C=N–C) groups is 1. The molecule has 1 saturated heterocycles. The zero-order chi connectivity index (χ0) is 22.2. The van der Waals surface area contributed by atoms with Crippen LogP contribution in [0.4, 0.5) is 0 Å². The Morgan fingerprint density at radius 1 is 1.21 bits per heavy atom. The molecule has 0 aliphatic carbocycles. The predicted octanol–water partition coefficient (Wildman–Crippen LogP) is 2.92. The molecule has 1 fully saturated rings. The number of hydrogen-bond donors (Lipinski definition) is 2. The Bertz CT molecular complexity index is 1020. The molecule has 9 nitrogen and oxygen atoms in total. The van der Waals surface area contributed by atoms with Gasteiger partial charge in [0.15, 0.2) is 5.96 Å². The normalized spacial score (nSPS) is 16.2. The quantitative estimate of drug-likeness (QED) is 0.170. The van der Waals surface area contributed by atoms with Gasteiger partial charge in [0.1, 0.15) is 18.0 Å². The highest BCUT2D eigenvalue weighted by Crippen LogP contribution is 2.15. The van der Waals surface area contributed by atoms with Crippen LogP contribution in [-0.4, -0.2) is 62.6 Å². The second-order valence-corrected chi connectivity index (χ2v) is 8.12. The van der Waals surface area contributed by atoms with Gasteiger partial charge in [-0.2, -0.15) is 0 Å². The van der Waals surface area contributed by atoms with E-state index in [2.05, 4.69) is 67.0 Å². The molecule has 0 radical (unpaired) electrons. The average Bonchev–Trinajstić information content (AvgIpc) is 3.54. The molecule has 0 amide bonds. The number of aromatic nitrogens is 5. The molecule has 1 aliphatic rings. The standard InChI is InChI=1S/C23H34N8O.HI/c1-3-22-29-27-17-30(22)14-12-25-23(26-16-19-8-6-15-32-19)24-11-7-13-31-18(2)28-20-9-4-5-10-21(20)31;/h4-5,9-10,17,19H,3,6-8,11-16H2,1-2H3,(H2,24,25,26);1H. The van der Waals surface area contributed by atoms with Crippen molar-refractivity contribution in [3.8, 4) is 0 Å². The van der Waals surface area contributed by atoms with Crippen LogP contribution in [0, 0.1) is 6.92 Å². The summed E-state index contributed by atoms with van der Waals surface area (Å²) in [5.41, 5.74) is 2.25. The van der Waals surface area contributed by atoms with Gasteiger partial charge in [-0.3, -0.25) is 4.99 Å². The first-order chi connectivity index (χ1) is 15.7. The van der Waals surface area contributed by atoms with Gasteiger partial charge in [0, 0.05) is 39.2 Å². The van der Waals surface area contributed by atoms with E-state index >= 15 is 0 Å². The smallest absolute Gasteiger partial charge is 0.191 e. The van der Waals surface area contributed by atoms with Crippen molar-refractivity contribution in [2.45, 2.75) is 58.7 Å². The molecule has 1 unspecified atom stereocenters. The molecule has 0 bridgehead atoms. The lowest BCUT2D eigenvalue weighted by Gasteiger charge is -2.15. The van der Waals surface area contributed by atoms with Crippen molar-refractivity contribution in [3.05, 3.63) is 42.2 Å². The average molecular weight is 566 g/mol. The molecule has 1 atom stereocenters. The third-order valence-electron chi connectivity index (χ3n) is 5.83. The monoisotopic (exact) mass is 566 g/mol. The van der Waals surface area contributed by atoms with Crippen LogP contribution in [0.15, 0.2) is 35.6 Å². The summed E-state index contributed by atoms with van der Waals surface area (Å²) in [5, 5.41) is 15.1. The van der Waals surface area contributed by atoms with Gasteiger partial charge in [0.25, 0.3) is 0 Å². The van der Waals surface area contributed by atoms with Gasteiger partial charge in [-0.1, -0.05) is 19.1 Å². The lowest BCUT2D eigenvalue weighted by molar-refractivity contribution is 0.117. The highest BCUT2D eigenvalue weighted by atomic mass is 127. The van der Waals surface area contributed by atoms with E-state index < -0.39 is 0 Å².